The van der Waals surface area contributed by atoms with Crippen molar-refractivity contribution in [3.63, 3.8) is 0 Å². The normalized spacial score (nSPS) is 10.6. The average molecular weight is 376 g/mol. The third-order valence-corrected chi connectivity index (χ3v) is 4.27. The molecule has 2 aromatic carbocycles. The summed E-state index contributed by atoms with van der Waals surface area (Å²) in [5.74, 6) is 0.405. The van der Waals surface area contributed by atoms with E-state index in [1.54, 1.807) is 18.2 Å². The average Bonchev–Trinajstić information content (AvgIpc) is 2.65. The monoisotopic (exact) mass is 376 g/mol. The number of phenols is 2. The molecule has 0 spiro atoms. The van der Waals surface area contributed by atoms with Gasteiger partial charge in [-0.2, -0.15) is 0 Å². The number of rotatable bonds is 8. The molecule has 0 saturated carbocycles. The molecule has 0 heterocycles. The second-order valence-corrected chi connectivity index (χ2v) is 5.94. The molecule has 2 N–H and O–H groups in total. The fraction of sp³-hybridized carbons (Fsp3) is 0.350. The number of ether oxygens (including phenoxy) is 4. The second kappa shape index (κ2) is 8.64. The Morgan fingerprint density at radius 1 is 0.889 bits per heavy atom. The summed E-state index contributed by atoms with van der Waals surface area (Å²) < 4.78 is 21.2. The van der Waals surface area contributed by atoms with Crippen LogP contribution in [-0.4, -0.2) is 44.4 Å². The van der Waals surface area contributed by atoms with E-state index >= 15 is 0 Å². The van der Waals surface area contributed by atoms with Crippen molar-refractivity contribution in [2.24, 2.45) is 0 Å². The predicted molar refractivity (Wildman–Crippen MR) is 99.4 cm³/mol. The Bertz CT molecular complexity index is 818. The first-order chi connectivity index (χ1) is 12.9. The van der Waals surface area contributed by atoms with Gasteiger partial charge in [-0.25, -0.2) is 0 Å². The van der Waals surface area contributed by atoms with E-state index in [1.807, 2.05) is 0 Å². The molecule has 0 atom stereocenters. The van der Waals surface area contributed by atoms with Crippen molar-refractivity contribution in [3.8, 4) is 28.7 Å². The van der Waals surface area contributed by atoms with E-state index in [-0.39, 0.29) is 30.1 Å². The molecular formula is C20H24O7. The van der Waals surface area contributed by atoms with Crippen molar-refractivity contribution in [2.45, 2.75) is 20.0 Å². The van der Waals surface area contributed by atoms with Crippen LogP contribution in [-0.2, 0) is 17.8 Å². The summed E-state index contributed by atoms with van der Waals surface area (Å²) >= 11 is 0. The molecule has 0 aromatic heterocycles. The summed E-state index contributed by atoms with van der Waals surface area (Å²) in [6.45, 7) is 1.41. The summed E-state index contributed by atoms with van der Waals surface area (Å²) in [7, 11) is 6.06. The van der Waals surface area contributed by atoms with E-state index in [0.717, 1.165) is 0 Å². The van der Waals surface area contributed by atoms with Gasteiger partial charge < -0.3 is 29.2 Å². The van der Waals surface area contributed by atoms with Gasteiger partial charge in [0.05, 0.1) is 33.5 Å². The fourth-order valence-electron chi connectivity index (χ4n) is 3.01. The van der Waals surface area contributed by atoms with E-state index in [1.165, 1.54) is 35.4 Å². The highest BCUT2D eigenvalue weighted by atomic mass is 16.5. The molecule has 27 heavy (non-hydrogen) atoms. The number of hydrogen-bond donors (Lipinski definition) is 2. The lowest BCUT2D eigenvalue weighted by molar-refractivity contribution is 0.101. The minimum atomic E-state index is -0.460. The summed E-state index contributed by atoms with van der Waals surface area (Å²) in [5, 5.41) is 20.5. The molecule has 0 amide bonds. The van der Waals surface area contributed by atoms with Gasteiger partial charge in [0, 0.05) is 36.8 Å². The van der Waals surface area contributed by atoms with Gasteiger partial charge in [-0.15, -0.1) is 0 Å². The van der Waals surface area contributed by atoms with Crippen LogP contribution >= 0.6 is 0 Å². The van der Waals surface area contributed by atoms with Gasteiger partial charge in [0.1, 0.15) is 17.2 Å². The van der Waals surface area contributed by atoms with Crippen molar-refractivity contribution in [3.05, 3.63) is 40.5 Å². The summed E-state index contributed by atoms with van der Waals surface area (Å²) in [6, 6.07) is 5.06. The molecular weight excluding hydrogens is 352 g/mol. The zero-order valence-corrected chi connectivity index (χ0v) is 16.1. The van der Waals surface area contributed by atoms with Crippen LogP contribution in [0.2, 0.25) is 0 Å². The van der Waals surface area contributed by atoms with E-state index in [2.05, 4.69) is 0 Å². The third kappa shape index (κ3) is 4.09. The maximum absolute atomic E-state index is 12.1. The molecule has 2 aromatic rings. The molecule has 0 fully saturated rings. The van der Waals surface area contributed by atoms with Crippen molar-refractivity contribution in [2.75, 3.05) is 28.4 Å². The minimum Gasteiger partial charge on any atom is -0.504 e. The Balaban J connectivity index is 2.68. The Morgan fingerprint density at radius 3 is 1.93 bits per heavy atom. The lowest BCUT2D eigenvalue weighted by Crippen LogP contribution is -2.06. The van der Waals surface area contributed by atoms with Crippen LogP contribution in [0, 0.1) is 0 Å². The van der Waals surface area contributed by atoms with Crippen molar-refractivity contribution < 1.29 is 34.0 Å². The van der Waals surface area contributed by atoms with E-state index < -0.39 is 5.75 Å². The smallest absolute Gasteiger partial charge is 0.169 e. The minimum absolute atomic E-state index is 0.0484. The predicted octanol–water partition coefficient (Wildman–Crippen LogP) is 3.06. The molecule has 0 bridgehead atoms. The van der Waals surface area contributed by atoms with Gasteiger partial charge in [0.15, 0.2) is 17.3 Å². The first kappa shape index (κ1) is 20.4. The number of benzene rings is 2. The van der Waals surface area contributed by atoms with Crippen LogP contribution in [0.3, 0.4) is 0 Å². The molecule has 7 nitrogen and oxygen atoms in total. The standard InChI is InChI=1S/C20H24O7/c1-11(21)18-12(6-13(10-24-2)19(22)20(18)23)7-15-16(26-4)8-14(25-3)9-17(15)27-5/h6,8-9,22-23H,7,10H2,1-5H3. The topological polar surface area (TPSA) is 94.5 Å². The number of aromatic hydroxyl groups is 2. The van der Waals surface area contributed by atoms with Crippen LogP contribution in [0.15, 0.2) is 18.2 Å². The van der Waals surface area contributed by atoms with Crippen LogP contribution in [0.5, 0.6) is 28.7 Å². The van der Waals surface area contributed by atoms with Crippen molar-refractivity contribution in [1.29, 1.82) is 0 Å². The van der Waals surface area contributed by atoms with Crippen molar-refractivity contribution >= 4 is 5.78 Å². The van der Waals surface area contributed by atoms with Gasteiger partial charge in [-0.05, 0) is 18.6 Å². The first-order valence-corrected chi connectivity index (χ1v) is 8.23. The molecule has 0 radical (unpaired) electrons. The van der Waals surface area contributed by atoms with Crippen LogP contribution in [0.25, 0.3) is 0 Å². The Labute approximate surface area is 158 Å². The molecule has 0 aliphatic carbocycles. The highest BCUT2D eigenvalue weighted by Gasteiger charge is 2.23. The van der Waals surface area contributed by atoms with Crippen molar-refractivity contribution in [1.82, 2.24) is 0 Å². The molecule has 0 saturated heterocycles. The highest BCUT2D eigenvalue weighted by molar-refractivity contribution is 5.99. The lowest BCUT2D eigenvalue weighted by atomic mass is 9.93. The maximum atomic E-state index is 12.1. The van der Waals surface area contributed by atoms with Gasteiger partial charge in [-0.1, -0.05) is 0 Å². The van der Waals surface area contributed by atoms with Crippen LogP contribution in [0.4, 0.5) is 0 Å². The number of phenolic OH excluding ortho intramolecular Hbond substituents is 2. The largest absolute Gasteiger partial charge is 0.504 e. The number of carbonyl (C=O) groups excluding carboxylic acids is 1. The second-order valence-electron chi connectivity index (χ2n) is 5.94. The third-order valence-electron chi connectivity index (χ3n) is 4.27. The van der Waals surface area contributed by atoms with Gasteiger partial charge >= 0.3 is 0 Å². The Morgan fingerprint density at radius 2 is 1.48 bits per heavy atom. The Kier molecular flexibility index (Phi) is 6.52. The summed E-state index contributed by atoms with van der Waals surface area (Å²) in [5.41, 5.74) is 1.62. The zero-order valence-electron chi connectivity index (χ0n) is 16.1. The van der Waals surface area contributed by atoms with Crippen LogP contribution < -0.4 is 14.2 Å². The quantitative estimate of drug-likeness (QED) is 0.540. The number of methoxy groups -OCH3 is 4. The number of carbonyl (C=O) groups is 1. The maximum Gasteiger partial charge on any atom is 0.169 e. The first-order valence-electron chi connectivity index (χ1n) is 8.23. The molecule has 7 heteroatoms. The van der Waals surface area contributed by atoms with E-state index in [9.17, 15) is 15.0 Å². The fourth-order valence-corrected chi connectivity index (χ4v) is 3.01. The number of Topliss-reactive ketones (excluding diaryl/α,β-unsaturated/α-hetero) is 1. The molecule has 0 aliphatic heterocycles. The van der Waals surface area contributed by atoms with Gasteiger partial charge in [-0.3, -0.25) is 4.79 Å². The van der Waals surface area contributed by atoms with Crippen LogP contribution in [0.1, 0.15) is 34.0 Å². The van der Waals surface area contributed by atoms with Gasteiger partial charge in [0.2, 0.25) is 0 Å². The molecule has 146 valence electrons. The summed E-state index contributed by atoms with van der Waals surface area (Å²) in [6.07, 6.45) is 0.232. The Hall–Kier alpha value is -2.93. The number of hydrogen-bond acceptors (Lipinski definition) is 7. The zero-order chi connectivity index (χ0) is 20.1. The summed E-state index contributed by atoms with van der Waals surface area (Å²) in [4.78, 5) is 12.1. The van der Waals surface area contributed by atoms with Gasteiger partial charge in [0.25, 0.3) is 0 Å². The lowest BCUT2D eigenvalue weighted by Gasteiger charge is -2.18. The van der Waals surface area contributed by atoms with E-state index in [4.69, 9.17) is 18.9 Å². The molecule has 0 unspecified atom stereocenters. The van der Waals surface area contributed by atoms with E-state index in [0.29, 0.717) is 33.9 Å². The SMILES string of the molecule is COCc1cc(Cc2c(OC)cc(OC)cc2OC)c(C(C)=O)c(O)c1O. The highest BCUT2D eigenvalue weighted by Crippen LogP contribution is 2.40. The molecule has 0 aliphatic rings. The number of ketones is 1. The molecule has 2 rings (SSSR count).